The summed E-state index contributed by atoms with van der Waals surface area (Å²) in [7, 11) is 0. The van der Waals surface area contributed by atoms with Gasteiger partial charge in [0.05, 0.1) is 23.8 Å². The molecule has 4 nitrogen and oxygen atoms in total. The van der Waals surface area contributed by atoms with E-state index in [0.29, 0.717) is 24.7 Å². The van der Waals surface area contributed by atoms with Crippen LogP contribution in [0.2, 0.25) is 5.02 Å². The standard InChI is InChI=1S/C17H16ClFO.C12H15FO.C3H6O2/c1-3-11-6-12(19)7-16(18)17(11)13-5-4-10(2)14-8-20-9-15(13)14;1-3-4-8-11(14)12-9(2)6-5-7-10(12)13;1-2-3(4)5/h4-7H,3,8-9H2,1-2H3;5-7H,3-4,8H2,1-2H3;2H2,1H3,(H,4,5). The summed E-state index contributed by atoms with van der Waals surface area (Å²) in [4.78, 5) is 21.0. The van der Waals surface area contributed by atoms with Gasteiger partial charge in [0.1, 0.15) is 11.6 Å². The molecule has 0 aliphatic carbocycles. The lowest BCUT2D eigenvalue weighted by Crippen LogP contribution is -2.04. The molecule has 3 aromatic carbocycles. The second kappa shape index (κ2) is 15.5. The van der Waals surface area contributed by atoms with Gasteiger partial charge in [-0.1, -0.05) is 63.1 Å². The number of hydrogen-bond donors (Lipinski definition) is 1. The second-order valence-corrected chi connectivity index (χ2v) is 9.77. The molecule has 0 saturated heterocycles. The molecule has 4 rings (SSSR count). The molecular formula is C32H37ClF2O4. The molecule has 0 spiro atoms. The van der Waals surface area contributed by atoms with Crippen molar-refractivity contribution in [1.29, 1.82) is 0 Å². The number of rotatable bonds is 7. The lowest BCUT2D eigenvalue weighted by molar-refractivity contribution is -0.136. The molecule has 0 bridgehead atoms. The molecule has 7 heteroatoms. The highest BCUT2D eigenvalue weighted by Crippen LogP contribution is 2.39. The molecule has 0 fully saturated rings. The third-order valence-corrected chi connectivity index (χ3v) is 6.80. The molecule has 1 N–H and O–H groups in total. The van der Waals surface area contributed by atoms with Crippen molar-refractivity contribution < 1.29 is 28.2 Å². The van der Waals surface area contributed by atoms with Gasteiger partial charge in [-0.05, 0) is 78.3 Å². The van der Waals surface area contributed by atoms with Gasteiger partial charge in [0, 0.05) is 18.4 Å². The number of halogens is 3. The number of aliphatic carboxylic acids is 1. The third kappa shape index (κ3) is 8.70. The van der Waals surface area contributed by atoms with E-state index in [9.17, 15) is 18.4 Å². The first-order chi connectivity index (χ1) is 18.5. The maximum atomic E-state index is 13.5. The molecule has 1 heterocycles. The Kier molecular flexibility index (Phi) is 12.8. The van der Waals surface area contributed by atoms with Crippen LogP contribution in [0.1, 0.15) is 84.6 Å². The van der Waals surface area contributed by atoms with Gasteiger partial charge in [0.25, 0.3) is 0 Å². The van der Waals surface area contributed by atoms with Crippen LogP contribution in [0.15, 0.2) is 42.5 Å². The minimum Gasteiger partial charge on any atom is -0.481 e. The van der Waals surface area contributed by atoms with Crippen LogP contribution >= 0.6 is 11.6 Å². The van der Waals surface area contributed by atoms with E-state index < -0.39 is 11.8 Å². The fraction of sp³-hybridized carbons (Fsp3) is 0.375. The van der Waals surface area contributed by atoms with Crippen LogP contribution in [0.25, 0.3) is 11.1 Å². The molecule has 0 unspecified atom stereocenters. The predicted octanol–water partition coefficient (Wildman–Crippen LogP) is 9.04. The van der Waals surface area contributed by atoms with E-state index >= 15 is 0 Å². The highest BCUT2D eigenvalue weighted by molar-refractivity contribution is 6.33. The zero-order valence-corrected chi connectivity index (χ0v) is 24.1. The summed E-state index contributed by atoms with van der Waals surface area (Å²) in [5, 5.41) is 8.19. The van der Waals surface area contributed by atoms with Crippen LogP contribution in [-0.4, -0.2) is 16.9 Å². The predicted molar refractivity (Wildman–Crippen MR) is 152 cm³/mol. The summed E-state index contributed by atoms with van der Waals surface area (Å²) in [6.45, 7) is 10.7. The Morgan fingerprint density at radius 3 is 2.23 bits per heavy atom. The van der Waals surface area contributed by atoms with E-state index in [-0.39, 0.29) is 23.6 Å². The molecule has 39 heavy (non-hydrogen) atoms. The molecule has 0 amide bonds. The number of ketones is 1. The monoisotopic (exact) mass is 558 g/mol. The van der Waals surface area contributed by atoms with Crippen molar-refractivity contribution in [2.24, 2.45) is 0 Å². The first kappa shape index (κ1) is 32.1. The second-order valence-electron chi connectivity index (χ2n) is 9.36. The van der Waals surface area contributed by atoms with Crippen molar-refractivity contribution >= 4 is 23.4 Å². The van der Waals surface area contributed by atoms with E-state index in [0.717, 1.165) is 41.5 Å². The number of carbonyl (C=O) groups excluding carboxylic acids is 1. The number of hydrogen-bond acceptors (Lipinski definition) is 3. The number of carboxylic acid groups (broad SMARTS) is 1. The topological polar surface area (TPSA) is 63.6 Å². The number of aryl methyl sites for hydroxylation is 3. The van der Waals surface area contributed by atoms with Crippen molar-refractivity contribution in [3.8, 4) is 11.1 Å². The van der Waals surface area contributed by atoms with Crippen molar-refractivity contribution in [1.82, 2.24) is 0 Å². The molecule has 0 saturated carbocycles. The normalized spacial score (nSPS) is 11.6. The Morgan fingerprint density at radius 2 is 1.64 bits per heavy atom. The number of fused-ring (bicyclic) bond motifs is 1. The Morgan fingerprint density at radius 1 is 0.974 bits per heavy atom. The Labute approximate surface area is 235 Å². The fourth-order valence-corrected chi connectivity index (χ4v) is 4.65. The molecule has 3 aromatic rings. The molecule has 1 aliphatic rings. The van der Waals surface area contributed by atoms with Crippen LogP contribution in [-0.2, 0) is 29.2 Å². The molecule has 0 atom stereocenters. The first-order valence-corrected chi connectivity index (χ1v) is 13.6. The van der Waals surface area contributed by atoms with Gasteiger partial charge in [-0.2, -0.15) is 0 Å². The van der Waals surface area contributed by atoms with E-state index in [4.69, 9.17) is 21.4 Å². The summed E-state index contributed by atoms with van der Waals surface area (Å²) >= 11 is 6.31. The van der Waals surface area contributed by atoms with Gasteiger partial charge in [0.2, 0.25) is 0 Å². The van der Waals surface area contributed by atoms with E-state index in [1.54, 1.807) is 32.0 Å². The first-order valence-electron chi connectivity index (χ1n) is 13.2. The zero-order valence-electron chi connectivity index (χ0n) is 23.3. The maximum absolute atomic E-state index is 13.5. The van der Waals surface area contributed by atoms with Gasteiger partial charge < -0.3 is 9.84 Å². The Hall–Kier alpha value is -3.09. The lowest BCUT2D eigenvalue weighted by atomic mass is 9.90. The number of carbonyl (C=O) groups is 2. The highest BCUT2D eigenvalue weighted by atomic mass is 35.5. The number of unbranched alkanes of at least 4 members (excludes halogenated alkanes) is 1. The molecule has 210 valence electrons. The quantitative estimate of drug-likeness (QED) is 0.294. The summed E-state index contributed by atoms with van der Waals surface area (Å²) in [6, 6.07) is 11.8. The van der Waals surface area contributed by atoms with E-state index in [2.05, 4.69) is 19.1 Å². The average molecular weight is 559 g/mol. The van der Waals surface area contributed by atoms with E-state index in [1.165, 1.54) is 28.8 Å². The smallest absolute Gasteiger partial charge is 0.303 e. The fourth-order valence-electron chi connectivity index (χ4n) is 4.32. The number of carboxylic acids is 1. The SMILES string of the molecule is CCC(=O)O.CCCCC(=O)c1c(C)cccc1F.CCc1cc(F)cc(Cl)c1-c1ccc(C)c2c1COC2. The summed E-state index contributed by atoms with van der Waals surface area (Å²) < 4.78 is 32.4. The lowest BCUT2D eigenvalue weighted by Gasteiger charge is -2.15. The van der Waals surface area contributed by atoms with Gasteiger partial charge in [0.15, 0.2) is 5.78 Å². The van der Waals surface area contributed by atoms with Crippen molar-refractivity contribution in [2.45, 2.75) is 79.9 Å². The van der Waals surface area contributed by atoms with Gasteiger partial charge in [-0.15, -0.1) is 0 Å². The van der Waals surface area contributed by atoms with Crippen LogP contribution in [0.3, 0.4) is 0 Å². The Balaban J connectivity index is 0.000000245. The Bertz CT molecular complexity index is 1280. The minimum absolute atomic E-state index is 0.0811. The van der Waals surface area contributed by atoms with Gasteiger partial charge in [-0.3, -0.25) is 9.59 Å². The van der Waals surface area contributed by atoms with E-state index in [1.807, 2.05) is 13.8 Å². The summed E-state index contributed by atoms with van der Waals surface area (Å²) in [5.74, 6) is -1.51. The van der Waals surface area contributed by atoms with Gasteiger partial charge >= 0.3 is 5.97 Å². The number of benzene rings is 3. The summed E-state index contributed by atoms with van der Waals surface area (Å²) in [6.07, 6.45) is 3.19. The van der Waals surface area contributed by atoms with Crippen molar-refractivity contribution in [3.63, 3.8) is 0 Å². The molecule has 0 radical (unpaired) electrons. The molecule has 1 aliphatic heterocycles. The van der Waals surface area contributed by atoms with Crippen LogP contribution in [0.4, 0.5) is 8.78 Å². The number of Topliss-reactive ketones (excluding diaryl/α,β-unsaturated/α-hetero) is 1. The van der Waals surface area contributed by atoms with Gasteiger partial charge in [-0.25, -0.2) is 8.78 Å². The van der Waals surface area contributed by atoms with Crippen LogP contribution in [0.5, 0.6) is 0 Å². The largest absolute Gasteiger partial charge is 0.481 e. The van der Waals surface area contributed by atoms with Crippen LogP contribution < -0.4 is 0 Å². The zero-order chi connectivity index (χ0) is 29.1. The highest BCUT2D eigenvalue weighted by Gasteiger charge is 2.21. The van der Waals surface area contributed by atoms with Crippen molar-refractivity contribution in [2.75, 3.05) is 0 Å². The van der Waals surface area contributed by atoms with Crippen molar-refractivity contribution in [3.05, 3.63) is 92.5 Å². The molecular weight excluding hydrogens is 522 g/mol. The average Bonchev–Trinajstić information content (AvgIpc) is 3.39. The number of ether oxygens (including phenoxy) is 1. The van der Waals surface area contributed by atoms with Crippen LogP contribution in [0, 0.1) is 25.5 Å². The summed E-state index contributed by atoms with van der Waals surface area (Å²) in [5.41, 5.74) is 7.61. The third-order valence-electron chi connectivity index (χ3n) is 6.51. The minimum atomic E-state index is -0.745. The maximum Gasteiger partial charge on any atom is 0.303 e. The molecule has 0 aromatic heterocycles.